The topological polar surface area (TPSA) is 29.5 Å². The number of benzene rings is 1. The van der Waals surface area contributed by atoms with Crippen molar-refractivity contribution in [3.63, 3.8) is 0 Å². The molecule has 0 amide bonds. The molecule has 1 aromatic carbocycles. The average molecular weight is 302 g/mol. The molecular formula is C14H17Cl2NO2. The maximum atomic E-state index is 12.2. The third kappa shape index (κ3) is 3.93. The standard InChI is InChI=1S/C14H17Cl2NO2/c1-19-9-10-4-5-17(7-10)8-14(18)12-3-2-11(15)6-13(12)16/h2-3,6,10H,4-5,7-9H2,1H3. The van der Waals surface area contributed by atoms with Gasteiger partial charge in [-0.25, -0.2) is 0 Å². The summed E-state index contributed by atoms with van der Waals surface area (Å²) in [6, 6.07) is 4.99. The van der Waals surface area contributed by atoms with Gasteiger partial charge in [-0.1, -0.05) is 23.2 Å². The molecule has 3 nitrogen and oxygen atoms in total. The van der Waals surface area contributed by atoms with Gasteiger partial charge in [0.15, 0.2) is 5.78 Å². The highest BCUT2D eigenvalue weighted by Crippen LogP contribution is 2.23. The number of rotatable bonds is 5. The predicted octanol–water partition coefficient (Wildman–Crippen LogP) is 3.14. The van der Waals surface area contributed by atoms with Crippen LogP contribution < -0.4 is 0 Å². The van der Waals surface area contributed by atoms with E-state index in [1.54, 1.807) is 25.3 Å². The van der Waals surface area contributed by atoms with Crippen LogP contribution >= 0.6 is 23.2 Å². The summed E-state index contributed by atoms with van der Waals surface area (Å²) in [6.45, 7) is 3.00. The number of carbonyl (C=O) groups excluding carboxylic acids is 1. The van der Waals surface area contributed by atoms with Crippen molar-refractivity contribution >= 4 is 29.0 Å². The predicted molar refractivity (Wildman–Crippen MR) is 77.2 cm³/mol. The van der Waals surface area contributed by atoms with Gasteiger partial charge in [0.25, 0.3) is 0 Å². The number of likely N-dealkylation sites (tertiary alicyclic amines) is 1. The van der Waals surface area contributed by atoms with Crippen molar-refractivity contribution in [2.75, 3.05) is 33.4 Å². The molecule has 0 saturated carbocycles. The molecule has 1 aliphatic heterocycles. The van der Waals surface area contributed by atoms with Gasteiger partial charge in [0.05, 0.1) is 18.2 Å². The third-order valence-corrected chi connectivity index (χ3v) is 3.92. The van der Waals surface area contributed by atoms with E-state index < -0.39 is 0 Å². The van der Waals surface area contributed by atoms with Gasteiger partial charge in [-0.15, -0.1) is 0 Å². The molecule has 0 N–H and O–H groups in total. The Morgan fingerprint density at radius 2 is 2.26 bits per heavy atom. The molecule has 1 aliphatic rings. The Morgan fingerprint density at radius 1 is 1.47 bits per heavy atom. The summed E-state index contributed by atoms with van der Waals surface area (Å²) >= 11 is 11.9. The van der Waals surface area contributed by atoms with Crippen molar-refractivity contribution in [1.82, 2.24) is 4.90 Å². The van der Waals surface area contributed by atoms with E-state index in [0.717, 1.165) is 26.1 Å². The van der Waals surface area contributed by atoms with Gasteiger partial charge in [0.1, 0.15) is 0 Å². The summed E-state index contributed by atoms with van der Waals surface area (Å²) in [7, 11) is 1.71. The van der Waals surface area contributed by atoms with Gasteiger partial charge in [0, 0.05) is 24.2 Å². The van der Waals surface area contributed by atoms with Crippen LogP contribution in [0.15, 0.2) is 18.2 Å². The number of ether oxygens (including phenoxy) is 1. The van der Waals surface area contributed by atoms with Crippen LogP contribution in [0.2, 0.25) is 10.0 Å². The highest BCUT2D eigenvalue weighted by atomic mass is 35.5. The van der Waals surface area contributed by atoms with Crippen LogP contribution in [0.1, 0.15) is 16.8 Å². The summed E-state index contributed by atoms with van der Waals surface area (Å²) < 4.78 is 5.15. The van der Waals surface area contributed by atoms with Crippen LogP contribution in [-0.4, -0.2) is 44.0 Å². The second-order valence-electron chi connectivity index (χ2n) is 4.89. The third-order valence-electron chi connectivity index (χ3n) is 3.37. The first-order valence-corrected chi connectivity index (χ1v) is 7.05. The minimum atomic E-state index is 0.0414. The molecule has 1 heterocycles. The van der Waals surface area contributed by atoms with Gasteiger partial charge in [0.2, 0.25) is 0 Å². The summed E-state index contributed by atoms with van der Waals surface area (Å²) in [4.78, 5) is 14.3. The molecule has 2 rings (SSSR count). The number of ketones is 1. The highest BCUT2D eigenvalue weighted by molar-refractivity contribution is 6.36. The summed E-state index contributed by atoms with van der Waals surface area (Å²) in [5.41, 5.74) is 0.543. The van der Waals surface area contributed by atoms with E-state index in [2.05, 4.69) is 4.90 Å². The van der Waals surface area contributed by atoms with Gasteiger partial charge < -0.3 is 4.74 Å². The summed E-state index contributed by atoms with van der Waals surface area (Å²) in [5, 5.41) is 0.966. The number of hydrogen-bond donors (Lipinski definition) is 0. The fraction of sp³-hybridized carbons (Fsp3) is 0.500. The molecule has 1 saturated heterocycles. The maximum absolute atomic E-state index is 12.2. The first kappa shape index (κ1) is 14.8. The first-order chi connectivity index (χ1) is 9.10. The van der Waals surface area contributed by atoms with E-state index in [1.165, 1.54) is 0 Å². The minimum Gasteiger partial charge on any atom is -0.384 e. The lowest BCUT2D eigenvalue weighted by atomic mass is 10.1. The Bertz CT molecular complexity index is 465. The molecule has 1 aromatic rings. The SMILES string of the molecule is COCC1CCN(CC(=O)c2ccc(Cl)cc2Cl)C1. The van der Waals surface area contributed by atoms with Crippen molar-refractivity contribution in [3.05, 3.63) is 33.8 Å². The van der Waals surface area contributed by atoms with Crippen molar-refractivity contribution in [2.24, 2.45) is 5.92 Å². The van der Waals surface area contributed by atoms with E-state index in [9.17, 15) is 4.79 Å². The number of hydrogen-bond acceptors (Lipinski definition) is 3. The van der Waals surface area contributed by atoms with Crippen LogP contribution in [0.25, 0.3) is 0 Å². The summed E-state index contributed by atoms with van der Waals surface area (Å²) in [5.74, 6) is 0.568. The maximum Gasteiger partial charge on any atom is 0.178 e. The van der Waals surface area contributed by atoms with Crippen molar-refractivity contribution in [3.8, 4) is 0 Å². The Hall–Kier alpha value is -0.610. The van der Waals surface area contributed by atoms with Gasteiger partial charge >= 0.3 is 0 Å². The van der Waals surface area contributed by atoms with Gasteiger partial charge in [-0.05, 0) is 37.1 Å². The van der Waals surface area contributed by atoms with E-state index >= 15 is 0 Å². The number of nitrogens with zero attached hydrogens (tertiary/aromatic N) is 1. The first-order valence-electron chi connectivity index (χ1n) is 6.29. The van der Waals surface area contributed by atoms with E-state index in [-0.39, 0.29) is 5.78 Å². The fourth-order valence-corrected chi connectivity index (χ4v) is 2.95. The molecular weight excluding hydrogens is 285 g/mol. The molecule has 104 valence electrons. The van der Waals surface area contributed by atoms with Crippen LogP contribution in [-0.2, 0) is 4.74 Å². The zero-order valence-corrected chi connectivity index (χ0v) is 12.4. The van der Waals surface area contributed by atoms with Gasteiger partial charge in [-0.3, -0.25) is 9.69 Å². The number of halogens is 2. The monoisotopic (exact) mass is 301 g/mol. The Morgan fingerprint density at radius 3 is 2.95 bits per heavy atom. The van der Waals surface area contributed by atoms with Crippen molar-refractivity contribution in [1.29, 1.82) is 0 Å². The zero-order chi connectivity index (χ0) is 13.8. The molecule has 1 unspecified atom stereocenters. The molecule has 0 spiro atoms. The lowest BCUT2D eigenvalue weighted by molar-refractivity contribution is 0.0937. The second kappa shape index (κ2) is 6.71. The largest absolute Gasteiger partial charge is 0.384 e. The van der Waals surface area contributed by atoms with E-state index in [4.69, 9.17) is 27.9 Å². The Balaban J connectivity index is 1.94. The molecule has 5 heteroatoms. The van der Waals surface area contributed by atoms with Crippen LogP contribution in [0.4, 0.5) is 0 Å². The van der Waals surface area contributed by atoms with Gasteiger partial charge in [-0.2, -0.15) is 0 Å². The van der Waals surface area contributed by atoms with E-state index in [0.29, 0.717) is 28.1 Å². The molecule has 0 radical (unpaired) electrons. The minimum absolute atomic E-state index is 0.0414. The van der Waals surface area contributed by atoms with E-state index in [1.807, 2.05) is 0 Å². The fourth-order valence-electron chi connectivity index (χ4n) is 2.43. The van der Waals surface area contributed by atoms with Crippen molar-refractivity contribution in [2.45, 2.75) is 6.42 Å². The molecule has 1 fully saturated rings. The molecule has 1 atom stereocenters. The second-order valence-corrected chi connectivity index (χ2v) is 5.74. The van der Waals surface area contributed by atoms with Crippen LogP contribution in [0.5, 0.6) is 0 Å². The normalized spacial score (nSPS) is 19.8. The smallest absolute Gasteiger partial charge is 0.178 e. The van der Waals surface area contributed by atoms with Crippen LogP contribution in [0.3, 0.4) is 0 Å². The Kier molecular flexibility index (Phi) is 5.22. The Labute approximate surface area is 123 Å². The molecule has 0 aromatic heterocycles. The van der Waals surface area contributed by atoms with Crippen LogP contribution in [0, 0.1) is 5.92 Å². The highest BCUT2D eigenvalue weighted by Gasteiger charge is 2.24. The van der Waals surface area contributed by atoms with Crippen molar-refractivity contribution < 1.29 is 9.53 Å². The lowest BCUT2D eigenvalue weighted by Crippen LogP contribution is -2.28. The lowest BCUT2D eigenvalue weighted by Gasteiger charge is -2.15. The summed E-state index contributed by atoms with van der Waals surface area (Å²) in [6.07, 6.45) is 1.08. The number of Topliss-reactive ketones (excluding diaryl/α,β-unsaturated/α-hetero) is 1. The average Bonchev–Trinajstić information content (AvgIpc) is 2.76. The number of methoxy groups -OCH3 is 1. The number of carbonyl (C=O) groups is 1. The molecule has 0 bridgehead atoms. The zero-order valence-electron chi connectivity index (χ0n) is 10.9. The molecule has 0 aliphatic carbocycles. The quantitative estimate of drug-likeness (QED) is 0.783. The molecule has 19 heavy (non-hydrogen) atoms.